The van der Waals surface area contributed by atoms with E-state index in [0.717, 1.165) is 38.6 Å². The normalized spacial score (nSPS) is 19.9. The number of rotatable bonds is 21. The maximum absolute atomic E-state index is 13.9. The van der Waals surface area contributed by atoms with Crippen LogP contribution >= 0.6 is 22.6 Å². The van der Waals surface area contributed by atoms with Gasteiger partial charge in [0, 0.05) is 56.7 Å². The van der Waals surface area contributed by atoms with Crippen molar-refractivity contribution in [3.63, 3.8) is 0 Å². The third kappa shape index (κ3) is 12.6. The Labute approximate surface area is 293 Å². The molecule has 11 nitrogen and oxygen atoms in total. The van der Waals surface area contributed by atoms with Gasteiger partial charge in [-0.3, -0.25) is 19.3 Å². The van der Waals surface area contributed by atoms with E-state index in [2.05, 4.69) is 17.1 Å². The summed E-state index contributed by atoms with van der Waals surface area (Å²) in [5.74, 6) is 0.208. The van der Waals surface area contributed by atoms with Gasteiger partial charge in [0.1, 0.15) is 18.5 Å². The van der Waals surface area contributed by atoms with Gasteiger partial charge >= 0.3 is 0 Å². The molecule has 0 radical (unpaired) electrons. The van der Waals surface area contributed by atoms with Crippen molar-refractivity contribution in [1.82, 2.24) is 15.1 Å². The molecule has 3 N–H and O–H groups in total. The summed E-state index contributed by atoms with van der Waals surface area (Å²) in [4.78, 5) is 42.6. The van der Waals surface area contributed by atoms with Crippen LogP contribution in [0, 0.1) is 3.57 Å². The van der Waals surface area contributed by atoms with E-state index in [1.54, 1.807) is 23.1 Å². The van der Waals surface area contributed by atoms with E-state index in [1.807, 2.05) is 22.6 Å². The molecular formula is C35H54IN3O8. The molecule has 0 spiro atoms. The number of ether oxygens (including phenoxy) is 3. The van der Waals surface area contributed by atoms with Gasteiger partial charge in [-0.25, -0.2) is 0 Å². The second kappa shape index (κ2) is 21.7. The number of aldehydes is 1. The monoisotopic (exact) mass is 771 g/mol. The average molecular weight is 772 g/mol. The number of nitrogens with zero attached hydrogens (tertiary/aromatic N) is 2. The van der Waals surface area contributed by atoms with Gasteiger partial charge in [0.05, 0.1) is 36.5 Å². The van der Waals surface area contributed by atoms with Gasteiger partial charge in [-0.05, 0) is 47.2 Å². The third-order valence-electron chi connectivity index (χ3n) is 8.83. The largest absolute Gasteiger partial charge is 0.493 e. The van der Waals surface area contributed by atoms with Gasteiger partial charge in [0.2, 0.25) is 11.8 Å². The Morgan fingerprint density at radius 1 is 1.11 bits per heavy atom. The molecule has 47 heavy (non-hydrogen) atoms. The molecule has 3 rings (SSSR count). The Morgan fingerprint density at radius 3 is 2.43 bits per heavy atom. The first kappa shape index (κ1) is 39.2. The second-order valence-corrected chi connectivity index (χ2v) is 13.4. The summed E-state index contributed by atoms with van der Waals surface area (Å²) in [5, 5.41) is 23.9. The van der Waals surface area contributed by atoms with Crippen molar-refractivity contribution in [3.8, 4) is 11.5 Å². The summed E-state index contributed by atoms with van der Waals surface area (Å²) in [6.45, 7) is 5.90. The highest BCUT2D eigenvalue weighted by molar-refractivity contribution is 14.1. The summed E-state index contributed by atoms with van der Waals surface area (Å²) in [5.41, 5.74) is 0.779. The maximum atomic E-state index is 13.9. The van der Waals surface area contributed by atoms with Crippen molar-refractivity contribution in [2.75, 3.05) is 59.7 Å². The molecule has 264 valence electrons. The molecular weight excluding hydrogens is 717 g/mol. The zero-order valence-corrected chi connectivity index (χ0v) is 30.3. The van der Waals surface area contributed by atoms with E-state index in [9.17, 15) is 24.6 Å². The maximum Gasteiger partial charge on any atom is 0.247 e. The van der Waals surface area contributed by atoms with Crippen LogP contribution in [-0.2, 0) is 14.3 Å². The number of morpholine rings is 1. The average Bonchev–Trinajstić information content (AvgIpc) is 3.08. The zero-order valence-electron chi connectivity index (χ0n) is 28.1. The molecule has 3 unspecified atom stereocenters. The number of amides is 2. The third-order valence-corrected chi connectivity index (χ3v) is 9.63. The summed E-state index contributed by atoms with van der Waals surface area (Å²) < 4.78 is 18.0. The molecule has 0 saturated carbocycles. The molecule has 12 heteroatoms. The van der Waals surface area contributed by atoms with Crippen molar-refractivity contribution in [2.24, 2.45) is 0 Å². The molecule has 0 bridgehead atoms. The molecule has 0 aromatic heterocycles. The fraction of sp³-hybridized carbons (Fsp3) is 0.686. The Bertz CT molecular complexity index is 1160. The van der Waals surface area contributed by atoms with Crippen LogP contribution in [0.4, 0.5) is 0 Å². The highest BCUT2D eigenvalue weighted by atomic mass is 127. The number of hydrogen-bond acceptors (Lipinski definition) is 9. The lowest BCUT2D eigenvalue weighted by Gasteiger charge is -2.41. The summed E-state index contributed by atoms with van der Waals surface area (Å²) >= 11 is 2.04. The lowest BCUT2D eigenvalue weighted by Crippen LogP contribution is -2.56. The van der Waals surface area contributed by atoms with E-state index >= 15 is 0 Å². The number of benzene rings is 1. The molecule has 1 fully saturated rings. The van der Waals surface area contributed by atoms with E-state index in [1.165, 1.54) is 45.6 Å². The van der Waals surface area contributed by atoms with E-state index in [-0.39, 0.29) is 31.4 Å². The van der Waals surface area contributed by atoms with Crippen molar-refractivity contribution >= 4 is 40.7 Å². The lowest BCUT2D eigenvalue weighted by molar-refractivity contribution is -0.139. The lowest BCUT2D eigenvalue weighted by atomic mass is 9.87. The van der Waals surface area contributed by atoms with Gasteiger partial charge in [-0.2, -0.15) is 0 Å². The molecule has 1 aliphatic carbocycles. The van der Waals surface area contributed by atoms with Crippen LogP contribution in [0.15, 0.2) is 23.8 Å². The fourth-order valence-corrected chi connectivity index (χ4v) is 6.87. The summed E-state index contributed by atoms with van der Waals surface area (Å²) in [6.07, 6.45) is 11.0. The van der Waals surface area contributed by atoms with Crippen LogP contribution in [0.25, 0.3) is 0 Å². The highest BCUT2D eigenvalue weighted by Crippen LogP contribution is 2.37. The summed E-state index contributed by atoms with van der Waals surface area (Å²) in [7, 11) is 1.47. The molecule has 1 aromatic rings. The fourth-order valence-electron chi connectivity index (χ4n) is 6.12. The Kier molecular flexibility index (Phi) is 18.1. The highest BCUT2D eigenvalue weighted by Gasteiger charge is 2.41. The smallest absolute Gasteiger partial charge is 0.247 e. The Morgan fingerprint density at radius 2 is 1.79 bits per heavy atom. The minimum absolute atomic E-state index is 0.0523. The minimum atomic E-state index is -1.15. The second-order valence-electron chi connectivity index (χ2n) is 12.3. The number of carbonyl (C=O) groups is 3. The SMILES string of the molecule is CCCCCCCCCCCC(=O)N(CCN1CCOCC1)C1CC(C(=O)NCCO)=CC(Oc2c(I)cc(C=O)cc2OC)C1O. The first-order valence-electron chi connectivity index (χ1n) is 17.2. The predicted octanol–water partition coefficient (Wildman–Crippen LogP) is 4.11. The van der Waals surface area contributed by atoms with Crippen molar-refractivity contribution in [1.29, 1.82) is 0 Å². The molecule has 1 aromatic carbocycles. The van der Waals surface area contributed by atoms with Crippen LogP contribution in [-0.4, -0.2) is 116 Å². The standard InChI is InChI=1S/C35H54IN3O8/c1-3-4-5-6-7-8-9-10-11-12-32(42)39(15-14-38-16-19-46-20-17-38)29-23-27(35(44)37-13-18-40)24-30(33(29)43)47-34-28(36)21-26(25-41)22-31(34)45-2/h21-22,24-25,29-30,33,40,43H,3-20,23H2,1-2H3,(H,37,44). The number of hydrogen-bond donors (Lipinski definition) is 3. The minimum Gasteiger partial charge on any atom is -0.493 e. The van der Waals surface area contributed by atoms with Crippen molar-refractivity contribution in [3.05, 3.63) is 32.9 Å². The van der Waals surface area contributed by atoms with Gasteiger partial charge < -0.3 is 34.6 Å². The molecule has 3 atom stereocenters. The van der Waals surface area contributed by atoms with Gasteiger partial charge in [0.15, 0.2) is 11.5 Å². The number of carbonyl (C=O) groups excluding carboxylic acids is 3. The van der Waals surface area contributed by atoms with E-state index < -0.39 is 18.2 Å². The van der Waals surface area contributed by atoms with E-state index in [0.29, 0.717) is 58.9 Å². The van der Waals surface area contributed by atoms with Gasteiger partial charge in [-0.15, -0.1) is 0 Å². The number of nitrogens with one attached hydrogen (secondary N) is 1. The molecule has 1 saturated heterocycles. The number of halogens is 1. The quantitative estimate of drug-likeness (QED) is 0.0959. The van der Waals surface area contributed by atoms with Gasteiger partial charge in [-0.1, -0.05) is 58.3 Å². The number of aliphatic hydroxyl groups excluding tert-OH is 2. The van der Waals surface area contributed by atoms with Gasteiger partial charge in [0.25, 0.3) is 0 Å². The van der Waals surface area contributed by atoms with Crippen LogP contribution in [0.3, 0.4) is 0 Å². The first-order chi connectivity index (χ1) is 22.8. The predicted molar refractivity (Wildman–Crippen MR) is 189 cm³/mol. The molecule has 2 amide bonds. The Balaban J connectivity index is 1.82. The summed E-state index contributed by atoms with van der Waals surface area (Å²) in [6, 6.07) is 2.49. The first-order valence-corrected chi connectivity index (χ1v) is 18.3. The van der Waals surface area contributed by atoms with Crippen LogP contribution in [0.5, 0.6) is 11.5 Å². The van der Waals surface area contributed by atoms with E-state index in [4.69, 9.17) is 14.2 Å². The molecule has 1 heterocycles. The van der Waals surface area contributed by atoms with Crippen molar-refractivity contribution < 1.29 is 38.8 Å². The number of methoxy groups -OCH3 is 1. The molecule has 1 aliphatic heterocycles. The molecule has 2 aliphatic rings. The van der Waals surface area contributed by atoms with Crippen LogP contribution < -0.4 is 14.8 Å². The van der Waals surface area contributed by atoms with Crippen molar-refractivity contribution in [2.45, 2.75) is 95.8 Å². The van der Waals surface area contributed by atoms with Crippen LogP contribution in [0.2, 0.25) is 0 Å². The Hall–Kier alpha value is -2.26. The topological polar surface area (TPSA) is 138 Å². The number of aliphatic hydroxyl groups is 2. The number of unbranched alkanes of at least 4 members (excludes halogenated alkanes) is 8. The van der Waals surface area contributed by atoms with Crippen LogP contribution in [0.1, 0.15) is 87.9 Å². The zero-order chi connectivity index (χ0) is 34.0.